The third-order valence-corrected chi connectivity index (χ3v) is 6.79. The zero-order valence-electron chi connectivity index (χ0n) is 13.6. The molecular weight excluding hydrogens is 382 g/mol. The molecule has 1 aromatic carbocycles. The summed E-state index contributed by atoms with van der Waals surface area (Å²) in [5, 5.41) is 0. The molecule has 0 aliphatic carbocycles. The van der Waals surface area contributed by atoms with Crippen molar-refractivity contribution in [3.63, 3.8) is 0 Å². The van der Waals surface area contributed by atoms with Crippen molar-refractivity contribution in [1.29, 1.82) is 0 Å². The molecule has 23 heavy (non-hydrogen) atoms. The number of hydrogen-bond donors (Lipinski definition) is 2. The average Bonchev–Trinajstić information content (AvgIpc) is 2.56. The van der Waals surface area contributed by atoms with Crippen LogP contribution in [0.25, 0.3) is 0 Å². The van der Waals surface area contributed by atoms with Gasteiger partial charge >= 0.3 is 0 Å². The zero-order valence-corrected chi connectivity index (χ0v) is 16.0. The number of hydrogen-bond acceptors (Lipinski definition) is 4. The third kappa shape index (κ3) is 5.42. The number of morpholine rings is 1. The SMILES string of the molecule is CN(C)c1ccc([C@H](CNS(=O)(=O)CBr)[NH+]2CCOCC2)cc1. The van der Waals surface area contributed by atoms with Crippen LogP contribution in [-0.2, 0) is 14.8 Å². The van der Waals surface area contributed by atoms with Gasteiger partial charge in [-0.25, -0.2) is 13.1 Å². The molecule has 0 bridgehead atoms. The fourth-order valence-corrected chi connectivity index (χ4v) is 3.72. The van der Waals surface area contributed by atoms with Gasteiger partial charge in [-0.15, -0.1) is 0 Å². The van der Waals surface area contributed by atoms with Crippen LogP contribution in [0.5, 0.6) is 0 Å². The highest BCUT2D eigenvalue weighted by Gasteiger charge is 2.27. The van der Waals surface area contributed by atoms with Crippen molar-refractivity contribution < 1.29 is 18.1 Å². The molecule has 0 spiro atoms. The first-order valence-corrected chi connectivity index (χ1v) is 10.4. The van der Waals surface area contributed by atoms with Crippen molar-refractivity contribution in [2.45, 2.75) is 6.04 Å². The normalized spacial score (nSPS) is 17.9. The predicted molar refractivity (Wildman–Crippen MR) is 95.7 cm³/mol. The molecule has 1 saturated heterocycles. The van der Waals surface area contributed by atoms with Gasteiger partial charge in [-0.05, 0) is 12.1 Å². The molecule has 2 N–H and O–H groups in total. The number of nitrogens with zero attached hydrogens (tertiary/aromatic N) is 1. The van der Waals surface area contributed by atoms with Gasteiger partial charge in [0.2, 0.25) is 10.0 Å². The topological polar surface area (TPSA) is 63.1 Å². The summed E-state index contributed by atoms with van der Waals surface area (Å²) < 4.78 is 31.6. The van der Waals surface area contributed by atoms with Crippen molar-refractivity contribution in [1.82, 2.24) is 4.72 Å². The smallest absolute Gasteiger partial charge is 0.221 e. The Kier molecular flexibility index (Phi) is 6.84. The highest BCUT2D eigenvalue weighted by Crippen LogP contribution is 2.16. The van der Waals surface area contributed by atoms with Crippen LogP contribution in [0.2, 0.25) is 0 Å². The molecule has 1 atom stereocenters. The van der Waals surface area contributed by atoms with Crippen LogP contribution in [0.1, 0.15) is 11.6 Å². The molecule has 6 nitrogen and oxygen atoms in total. The Balaban J connectivity index is 2.17. The van der Waals surface area contributed by atoms with E-state index in [-0.39, 0.29) is 10.7 Å². The fraction of sp³-hybridized carbons (Fsp3) is 0.600. The molecule has 2 rings (SSSR count). The van der Waals surface area contributed by atoms with Gasteiger partial charge in [0.05, 0.1) is 19.8 Å². The van der Waals surface area contributed by atoms with Crippen LogP contribution in [0.15, 0.2) is 24.3 Å². The predicted octanol–water partition coefficient (Wildman–Crippen LogP) is -0.0194. The molecule has 8 heteroatoms. The summed E-state index contributed by atoms with van der Waals surface area (Å²) in [6, 6.07) is 8.40. The molecule has 1 aliphatic rings. The monoisotopic (exact) mass is 406 g/mol. The highest BCUT2D eigenvalue weighted by atomic mass is 79.9. The summed E-state index contributed by atoms with van der Waals surface area (Å²) in [4.78, 5) is 3.40. The lowest BCUT2D eigenvalue weighted by Gasteiger charge is -2.32. The van der Waals surface area contributed by atoms with E-state index in [2.05, 4.69) is 44.9 Å². The van der Waals surface area contributed by atoms with Gasteiger partial charge in [-0.3, -0.25) is 0 Å². The van der Waals surface area contributed by atoms with E-state index < -0.39 is 10.0 Å². The number of sulfonamides is 1. The Labute approximate surface area is 147 Å². The Morgan fingerprint density at radius 3 is 2.39 bits per heavy atom. The number of alkyl halides is 1. The second kappa shape index (κ2) is 8.43. The molecular formula is C15H25BrN3O3S+. The van der Waals surface area contributed by atoms with Crippen LogP contribution in [0.4, 0.5) is 5.69 Å². The van der Waals surface area contributed by atoms with Gasteiger partial charge in [0.1, 0.15) is 23.8 Å². The molecule has 1 aliphatic heterocycles. The van der Waals surface area contributed by atoms with Gasteiger partial charge in [0.15, 0.2) is 0 Å². The van der Waals surface area contributed by atoms with E-state index in [1.807, 2.05) is 19.0 Å². The van der Waals surface area contributed by atoms with Gasteiger partial charge in [-0.1, -0.05) is 28.1 Å². The maximum atomic E-state index is 11.8. The first-order chi connectivity index (χ1) is 10.9. The Morgan fingerprint density at radius 2 is 1.87 bits per heavy atom. The second-order valence-electron chi connectivity index (χ2n) is 5.88. The van der Waals surface area contributed by atoms with Crippen LogP contribution in [0.3, 0.4) is 0 Å². The number of ether oxygens (including phenoxy) is 1. The Bertz CT molecular complexity index is 586. The fourth-order valence-electron chi connectivity index (χ4n) is 2.73. The summed E-state index contributed by atoms with van der Waals surface area (Å²) in [5.74, 6) is 0. The molecule has 0 aromatic heterocycles. The Morgan fingerprint density at radius 1 is 1.26 bits per heavy atom. The van der Waals surface area contributed by atoms with E-state index in [0.717, 1.165) is 24.3 Å². The quantitative estimate of drug-likeness (QED) is 0.624. The molecule has 0 saturated carbocycles. The van der Waals surface area contributed by atoms with Gasteiger partial charge in [0, 0.05) is 25.3 Å². The standard InChI is InChI=1S/C15H24BrN3O3S/c1-18(2)14-5-3-13(4-6-14)15(11-17-23(20,21)12-16)19-7-9-22-10-8-19/h3-6,15,17H,7-12H2,1-2H3/p+1/t15-/m0/s1. The average molecular weight is 407 g/mol. The first-order valence-electron chi connectivity index (χ1n) is 7.66. The summed E-state index contributed by atoms with van der Waals surface area (Å²) >= 11 is 3.02. The minimum atomic E-state index is -3.27. The molecule has 0 unspecified atom stereocenters. The molecule has 130 valence electrons. The maximum Gasteiger partial charge on any atom is 0.221 e. The molecule has 1 fully saturated rings. The van der Waals surface area contributed by atoms with Gasteiger partial charge in [0.25, 0.3) is 0 Å². The number of anilines is 1. The molecule has 1 aromatic rings. The summed E-state index contributed by atoms with van der Waals surface area (Å²) in [7, 11) is 0.739. The van der Waals surface area contributed by atoms with E-state index in [0.29, 0.717) is 19.8 Å². The summed E-state index contributed by atoms with van der Waals surface area (Å²) in [6.45, 7) is 3.59. The van der Waals surface area contributed by atoms with Crippen LogP contribution in [-0.4, -0.2) is 60.0 Å². The molecule has 1 heterocycles. The van der Waals surface area contributed by atoms with E-state index in [1.54, 1.807) is 0 Å². The minimum Gasteiger partial charge on any atom is -0.378 e. The zero-order chi connectivity index (χ0) is 16.9. The largest absolute Gasteiger partial charge is 0.378 e. The third-order valence-electron chi connectivity index (χ3n) is 4.09. The number of rotatable bonds is 7. The lowest BCUT2D eigenvalue weighted by molar-refractivity contribution is -0.937. The lowest BCUT2D eigenvalue weighted by atomic mass is 10.0. The highest BCUT2D eigenvalue weighted by molar-refractivity contribution is 9.10. The number of benzene rings is 1. The van der Waals surface area contributed by atoms with Gasteiger partial charge in [-0.2, -0.15) is 0 Å². The van der Waals surface area contributed by atoms with E-state index >= 15 is 0 Å². The summed E-state index contributed by atoms with van der Waals surface area (Å²) in [5.41, 5.74) is 2.27. The van der Waals surface area contributed by atoms with E-state index in [4.69, 9.17) is 4.74 Å². The first kappa shape index (κ1) is 18.7. The van der Waals surface area contributed by atoms with Crippen LogP contribution in [0, 0.1) is 0 Å². The van der Waals surface area contributed by atoms with Crippen molar-refractivity contribution in [2.75, 3.05) is 56.5 Å². The number of quaternary nitrogens is 1. The maximum absolute atomic E-state index is 11.8. The molecule has 0 amide bonds. The van der Waals surface area contributed by atoms with Crippen molar-refractivity contribution in [3.8, 4) is 0 Å². The van der Waals surface area contributed by atoms with Crippen molar-refractivity contribution >= 4 is 31.6 Å². The van der Waals surface area contributed by atoms with Crippen molar-refractivity contribution in [2.24, 2.45) is 0 Å². The van der Waals surface area contributed by atoms with Crippen LogP contribution >= 0.6 is 15.9 Å². The van der Waals surface area contributed by atoms with Crippen LogP contribution < -0.4 is 14.5 Å². The van der Waals surface area contributed by atoms with E-state index in [9.17, 15) is 8.42 Å². The number of halogens is 1. The second-order valence-corrected chi connectivity index (χ2v) is 8.99. The lowest BCUT2D eigenvalue weighted by Crippen LogP contribution is -3.15. The van der Waals surface area contributed by atoms with Gasteiger partial charge < -0.3 is 14.5 Å². The van der Waals surface area contributed by atoms with Crippen molar-refractivity contribution in [3.05, 3.63) is 29.8 Å². The summed E-state index contributed by atoms with van der Waals surface area (Å²) in [6.07, 6.45) is 0. The Hall–Kier alpha value is -0.670. The number of nitrogens with one attached hydrogen (secondary N) is 2. The molecule has 0 radical (unpaired) electrons. The van der Waals surface area contributed by atoms with E-state index in [1.165, 1.54) is 4.90 Å². The minimum absolute atomic E-state index is 0.0786.